The van der Waals surface area contributed by atoms with Gasteiger partial charge in [0.2, 0.25) is 5.91 Å². The van der Waals surface area contributed by atoms with Crippen molar-refractivity contribution >= 4 is 11.9 Å². The summed E-state index contributed by atoms with van der Waals surface area (Å²) in [5.41, 5.74) is 0. The zero-order valence-electron chi connectivity index (χ0n) is 49.6. The van der Waals surface area contributed by atoms with Gasteiger partial charge >= 0.3 is 5.97 Å². The molecule has 0 heterocycles. The quantitative estimate of drug-likeness (QED) is 0.0320. The van der Waals surface area contributed by atoms with E-state index < -0.39 is 12.1 Å². The number of hydrogen-bond acceptors (Lipinski definition) is 5. The van der Waals surface area contributed by atoms with Crippen molar-refractivity contribution in [3.8, 4) is 0 Å². The normalized spacial score (nSPS) is 12.5. The highest BCUT2D eigenvalue weighted by Gasteiger charge is 2.20. The lowest BCUT2D eigenvalue weighted by Gasteiger charge is -2.22. The molecule has 0 aromatic carbocycles. The Kier molecular flexibility index (Phi) is 61.9. The number of amides is 1. The number of aliphatic hydroxyl groups is 2. The number of allylic oxidation sites excluding steroid dienone is 2. The molecule has 1 amide bonds. The fourth-order valence-corrected chi connectivity index (χ4v) is 10.7. The third-order valence-corrected chi connectivity index (χ3v) is 15.8. The van der Waals surface area contributed by atoms with Gasteiger partial charge in [0, 0.05) is 12.8 Å². The van der Waals surface area contributed by atoms with Crippen molar-refractivity contribution in [1.82, 2.24) is 5.32 Å². The van der Waals surface area contributed by atoms with Gasteiger partial charge in [-0.1, -0.05) is 328 Å². The summed E-state index contributed by atoms with van der Waals surface area (Å²) in [6.45, 7) is 4.98. The fraction of sp³-hybridized carbons (Fsp3) is 0.940. The van der Waals surface area contributed by atoms with E-state index in [-0.39, 0.29) is 18.5 Å². The summed E-state index contributed by atoms with van der Waals surface area (Å²) >= 11 is 0. The minimum absolute atomic E-state index is 0.00998. The Morgan fingerprint density at radius 2 is 0.644 bits per heavy atom. The molecule has 0 radical (unpaired) electrons. The standard InChI is InChI=1S/C67H131NO5/c1-3-5-7-9-11-13-15-17-18-19-20-21-22-24-27-30-33-36-39-43-47-51-55-59-65(70)64(63-69)68-66(71)60-56-52-48-44-40-37-34-31-28-25-23-26-29-32-35-38-42-46-50-54-58-62-73-67(72)61-57-53-49-45-41-16-14-12-10-8-6-4-2/h25,28,64-65,69-70H,3-24,26-27,29-63H2,1-2H3,(H,68,71)/b28-25-. The molecule has 0 aliphatic carbocycles. The van der Waals surface area contributed by atoms with E-state index in [1.54, 1.807) is 0 Å². The molecule has 6 heteroatoms. The van der Waals surface area contributed by atoms with Crippen LogP contribution in [0.3, 0.4) is 0 Å². The summed E-state index contributed by atoms with van der Waals surface area (Å²) in [6.07, 6.45) is 76.7. The molecule has 0 aromatic rings. The lowest BCUT2D eigenvalue weighted by atomic mass is 10.0. The Morgan fingerprint density at radius 1 is 0.370 bits per heavy atom. The van der Waals surface area contributed by atoms with E-state index in [1.165, 1.54) is 308 Å². The zero-order valence-corrected chi connectivity index (χ0v) is 49.6. The van der Waals surface area contributed by atoms with Crippen molar-refractivity contribution in [3.63, 3.8) is 0 Å². The highest BCUT2D eigenvalue weighted by atomic mass is 16.5. The van der Waals surface area contributed by atoms with E-state index >= 15 is 0 Å². The van der Waals surface area contributed by atoms with Crippen LogP contribution >= 0.6 is 0 Å². The topological polar surface area (TPSA) is 95.9 Å². The molecule has 0 aliphatic heterocycles. The van der Waals surface area contributed by atoms with Gasteiger partial charge in [0.05, 0.1) is 25.4 Å². The largest absolute Gasteiger partial charge is 0.466 e. The maximum absolute atomic E-state index is 12.5. The van der Waals surface area contributed by atoms with Gasteiger partial charge in [-0.05, 0) is 51.4 Å². The summed E-state index contributed by atoms with van der Waals surface area (Å²) in [5.74, 6) is -0.0281. The molecule has 6 nitrogen and oxygen atoms in total. The highest BCUT2D eigenvalue weighted by molar-refractivity contribution is 5.76. The van der Waals surface area contributed by atoms with Gasteiger partial charge in [0.15, 0.2) is 0 Å². The van der Waals surface area contributed by atoms with Crippen molar-refractivity contribution in [2.45, 2.75) is 392 Å². The Bertz CT molecular complexity index is 1100. The SMILES string of the molecule is CCCCCCCCCCCCCCCCCCCCCCCCCC(O)C(CO)NC(=O)CCCCCCCCC/C=C\CCCCCCCCCCCCOC(=O)CCCCCCCCCCCCCC. The van der Waals surface area contributed by atoms with Crippen LogP contribution in [0.1, 0.15) is 380 Å². The molecule has 0 spiro atoms. The predicted molar refractivity (Wildman–Crippen MR) is 320 cm³/mol. The molecule has 434 valence electrons. The molecule has 0 aromatic heterocycles. The van der Waals surface area contributed by atoms with E-state index in [4.69, 9.17) is 4.74 Å². The number of ether oxygens (including phenoxy) is 1. The van der Waals surface area contributed by atoms with Gasteiger partial charge < -0.3 is 20.3 Å². The van der Waals surface area contributed by atoms with Crippen molar-refractivity contribution in [1.29, 1.82) is 0 Å². The molecular weight excluding hydrogens is 899 g/mol. The Labute approximate surface area is 457 Å². The van der Waals surface area contributed by atoms with Crippen LogP contribution in [0.15, 0.2) is 12.2 Å². The van der Waals surface area contributed by atoms with Crippen LogP contribution in [-0.4, -0.2) is 47.4 Å². The molecule has 0 fully saturated rings. The summed E-state index contributed by atoms with van der Waals surface area (Å²) < 4.78 is 5.47. The van der Waals surface area contributed by atoms with Crippen LogP contribution in [0.2, 0.25) is 0 Å². The molecule has 2 unspecified atom stereocenters. The zero-order chi connectivity index (χ0) is 52.9. The van der Waals surface area contributed by atoms with Gasteiger partial charge in [0.25, 0.3) is 0 Å². The molecule has 0 saturated heterocycles. The highest BCUT2D eigenvalue weighted by Crippen LogP contribution is 2.19. The summed E-state index contributed by atoms with van der Waals surface area (Å²) in [4.78, 5) is 24.6. The second-order valence-corrected chi connectivity index (χ2v) is 23.2. The molecule has 3 N–H and O–H groups in total. The van der Waals surface area contributed by atoms with Crippen molar-refractivity contribution in [3.05, 3.63) is 12.2 Å². The lowest BCUT2D eigenvalue weighted by molar-refractivity contribution is -0.143. The summed E-state index contributed by atoms with van der Waals surface area (Å²) in [7, 11) is 0. The third-order valence-electron chi connectivity index (χ3n) is 15.8. The molecule has 0 saturated carbocycles. The van der Waals surface area contributed by atoms with Gasteiger partial charge in [-0.3, -0.25) is 9.59 Å². The molecule has 0 rings (SSSR count). The minimum Gasteiger partial charge on any atom is -0.466 e. The number of hydrogen-bond donors (Lipinski definition) is 3. The lowest BCUT2D eigenvalue weighted by Crippen LogP contribution is -2.45. The molecular formula is C67H131NO5. The van der Waals surface area contributed by atoms with E-state index in [9.17, 15) is 19.8 Å². The van der Waals surface area contributed by atoms with E-state index in [1.807, 2.05) is 0 Å². The van der Waals surface area contributed by atoms with Crippen LogP contribution in [0.25, 0.3) is 0 Å². The molecule has 2 atom stereocenters. The van der Waals surface area contributed by atoms with Crippen molar-refractivity contribution in [2.75, 3.05) is 13.2 Å². The van der Waals surface area contributed by atoms with Gasteiger partial charge in [-0.15, -0.1) is 0 Å². The van der Waals surface area contributed by atoms with E-state index in [0.717, 1.165) is 38.5 Å². The second kappa shape index (κ2) is 63.1. The average molecular weight is 1030 g/mol. The molecule has 0 bridgehead atoms. The Morgan fingerprint density at radius 3 is 0.973 bits per heavy atom. The predicted octanol–water partition coefficient (Wildman–Crippen LogP) is 21.2. The smallest absolute Gasteiger partial charge is 0.305 e. The number of nitrogens with one attached hydrogen (secondary N) is 1. The monoisotopic (exact) mass is 1030 g/mol. The van der Waals surface area contributed by atoms with Crippen LogP contribution < -0.4 is 5.32 Å². The maximum Gasteiger partial charge on any atom is 0.305 e. The first-order valence-electron chi connectivity index (χ1n) is 33.4. The molecule has 73 heavy (non-hydrogen) atoms. The second-order valence-electron chi connectivity index (χ2n) is 23.2. The third kappa shape index (κ3) is 59.7. The number of carbonyl (C=O) groups is 2. The Hall–Kier alpha value is -1.40. The number of esters is 1. The first-order chi connectivity index (χ1) is 36.0. The van der Waals surface area contributed by atoms with Gasteiger partial charge in [-0.2, -0.15) is 0 Å². The van der Waals surface area contributed by atoms with Crippen LogP contribution in [-0.2, 0) is 14.3 Å². The van der Waals surface area contributed by atoms with Gasteiger partial charge in [-0.25, -0.2) is 0 Å². The average Bonchev–Trinajstić information content (AvgIpc) is 3.39. The Balaban J connectivity index is 3.42. The first-order valence-corrected chi connectivity index (χ1v) is 33.4. The van der Waals surface area contributed by atoms with Crippen molar-refractivity contribution in [2.24, 2.45) is 0 Å². The number of unbranched alkanes of at least 4 members (excludes halogenated alkanes) is 50. The number of carbonyl (C=O) groups excluding carboxylic acids is 2. The summed E-state index contributed by atoms with van der Waals surface area (Å²) in [6, 6.07) is -0.548. The summed E-state index contributed by atoms with van der Waals surface area (Å²) in [5, 5.41) is 23.4. The van der Waals surface area contributed by atoms with Crippen LogP contribution in [0.4, 0.5) is 0 Å². The number of aliphatic hydroxyl groups excluding tert-OH is 2. The van der Waals surface area contributed by atoms with Crippen LogP contribution in [0.5, 0.6) is 0 Å². The van der Waals surface area contributed by atoms with E-state index in [2.05, 4.69) is 31.3 Å². The van der Waals surface area contributed by atoms with Crippen LogP contribution in [0, 0.1) is 0 Å². The van der Waals surface area contributed by atoms with Crippen molar-refractivity contribution < 1.29 is 24.5 Å². The number of rotatable bonds is 63. The minimum atomic E-state index is -0.670. The fourth-order valence-electron chi connectivity index (χ4n) is 10.7. The maximum atomic E-state index is 12.5. The molecule has 0 aliphatic rings. The van der Waals surface area contributed by atoms with E-state index in [0.29, 0.717) is 25.9 Å². The van der Waals surface area contributed by atoms with Gasteiger partial charge in [0.1, 0.15) is 0 Å². The first kappa shape index (κ1) is 71.6.